The first-order valence-electron chi connectivity index (χ1n) is 5.60. The Hall–Kier alpha value is 0.270. The molecule has 3 heteroatoms. The molecule has 0 saturated carbocycles. The zero-order chi connectivity index (χ0) is 10.4. The Morgan fingerprint density at radius 1 is 1.36 bits per heavy atom. The van der Waals surface area contributed by atoms with Gasteiger partial charge in [-0.1, -0.05) is 13.8 Å². The van der Waals surface area contributed by atoms with E-state index in [4.69, 9.17) is 4.74 Å². The zero-order valence-corrected chi connectivity index (χ0v) is 10.4. The van der Waals surface area contributed by atoms with E-state index in [9.17, 15) is 0 Å². The molecule has 0 aliphatic carbocycles. The van der Waals surface area contributed by atoms with Crippen molar-refractivity contribution in [2.24, 2.45) is 5.92 Å². The molecular weight excluding hydrogens is 194 g/mol. The minimum Gasteiger partial charge on any atom is -0.380 e. The van der Waals surface area contributed by atoms with Crippen LogP contribution in [0, 0.1) is 5.92 Å². The van der Waals surface area contributed by atoms with E-state index < -0.39 is 0 Å². The van der Waals surface area contributed by atoms with Gasteiger partial charge >= 0.3 is 0 Å². The Kier molecular flexibility index (Phi) is 5.90. The van der Waals surface area contributed by atoms with Crippen molar-refractivity contribution in [1.29, 1.82) is 0 Å². The van der Waals surface area contributed by atoms with Gasteiger partial charge in [0.2, 0.25) is 0 Å². The van der Waals surface area contributed by atoms with Crippen LogP contribution in [-0.2, 0) is 4.74 Å². The molecule has 1 N–H and O–H groups in total. The average Bonchev–Trinajstić information content (AvgIpc) is 2.56. The van der Waals surface area contributed by atoms with Crippen molar-refractivity contribution in [1.82, 2.24) is 5.32 Å². The molecule has 2 unspecified atom stereocenters. The molecule has 1 rings (SSSR count). The SMILES string of the molecule is CC(C)COCC(C)NC1CCSC1. The first kappa shape index (κ1) is 12.3. The van der Waals surface area contributed by atoms with Gasteiger partial charge in [0.15, 0.2) is 0 Å². The standard InChI is InChI=1S/C11H23NOS/c1-9(2)6-13-7-10(3)12-11-4-5-14-8-11/h9-12H,4-8H2,1-3H3. The van der Waals surface area contributed by atoms with E-state index in [-0.39, 0.29) is 0 Å². The van der Waals surface area contributed by atoms with Crippen LogP contribution in [-0.4, -0.2) is 36.8 Å². The van der Waals surface area contributed by atoms with E-state index in [1.807, 2.05) is 11.8 Å². The van der Waals surface area contributed by atoms with Crippen molar-refractivity contribution in [3.05, 3.63) is 0 Å². The minimum absolute atomic E-state index is 0.498. The molecule has 0 aromatic carbocycles. The van der Waals surface area contributed by atoms with E-state index in [1.54, 1.807) is 0 Å². The van der Waals surface area contributed by atoms with Gasteiger partial charge in [-0.25, -0.2) is 0 Å². The van der Waals surface area contributed by atoms with Gasteiger partial charge in [0.05, 0.1) is 6.61 Å². The second-order valence-electron chi connectivity index (χ2n) is 4.56. The summed E-state index contributed by atoms with van der Waals surface area (Å²) in [6.07, 6.45) is 1.32. The summed E-state index contributed by atoms with van der Waals surface area (Å²) in [6, 6.07) is 1.22. The second kappa shape index (κ2) is 6.70. The first-order chi connectivity index (χ1) is 6.68. The Bertz CT molecular complexity index is 146. The largest absolute Gasteiger partial charge is 0.380 e. The first-order valence-corrected chi connectivity index (χ1v) is 6.75. The summed E-state index contributed by atoms with van der Waals surface area (Å²) < 4.78 is 5.60. The predicted molar refractivity (Wildman–Crippen MR) is 64.0 cm³/mol. The summed E-state index contributed by atoms with van der Waals surface area (Å²) in [4.78, 5) is 0. The molecule has 1 fully saturated rings. The summed E-state index contributed by atoms with van der Waals surface area (Å²) in [7, 11) is 0. The van der Waals surface area contributed by atoms with Crippen LogP contribution in [0.25, 0.3) is 0 Å². The average molecular weight is 217 g/mol. The van der Waals surface area contributed by atoms with Gasteiger partial charge in [-0.15, -0.1) is 0 Å². The van der Waals surface area contributed by atoms with Gasteiger partial charge in [0.1, 0.15) is 0 Å². The van der Waals surface area contributed by atoms with Crippen LogP contribution < -0.4 is 5.32 Å². The van der Waals surface area contributed by atoms with Gasteiger partial charge in [-0.05, 0) is 25.0 Å². The molecule has 0 amide bonds. The predicted octanol–water partition coefficient (Wildman–Crippen LogP) is 2.14. The molecule has 0 aromatic heterocycles. The lowest BCUT2D eigenvalue weighted by Gasteiger charge is -2.19. The number of hydrogen-bond donors (Lipinski definition) is 1. The second-order valence-corrected chi connectivity index (χ2v) is 5.71. The molecular formula is C11H23NOS. The van der Waals surface area contributed by atoms with Crippen molar-refractivity contribution >= 4 is 11.8 Å². The number of thioether (sulfide) groups is 1. The molecule has 14 heavy (non-hydrogen) atoms. The number of hydrogen-bond acceptors (Lipinski definition) is 3. The fourth-order valence-corrected chi connectivity index (χ4v) is 2.76. The normalized spacial score (nSPS) is 24.4. The molecule has 0 bridgehead atoms. The molecule has 2 nitrogen and oxygen atoms in total. The molecule has 0 radical (unpaired) electrons. The highest BCUT2D eigenvalue weighted by molar-refractivity contribution is 7.99. The quantitative estimate of drug-likeness (QED) is 0.736. The fraction of sp³-hybridized carbons (Fsp3) is 1.00. The molecule has 1 aliphatic rings. The summed E-state index contributed by atoms with van der Waals surface area (Å²) >= 11 is 2.05. The third-order valence-corrected chi connectivity index (χ3v) is 3.43. The van der Waals surface area contributed by atoms with Crippen LogP contribution in [0.15, 0.2) is 0 Å². The Morgan fingerprint density at radius 2 is 2.14 bits per heavy atom. The molecule has 1 saturated heterocycles. The van der Waals surface area contributed by atoms with Crippen molar-refractivity contribution in [2.75, 3.05) is 24.7 Å². The summed E-state index contributed by atoms with van der Waals surface area (Å²) in [5.41, 5.74) is 0. The van der Waals surface area contributed by atoms with Crippen LogP contribution in [0.5, 0.6) is 0 Å². The monoisotopic (exact) mass is 217 g/mol. The van der Waals surface area contributed by atoms with E-state index in [0.29, 0.717) is 12.0 Å². The lowest BCUT2D eigenvalue weighted by Crippen LogP contribution is -2.39. The number of rotatable bonds is 6. The third kappa shape index (κ3) is 5.23. The maximum atomic E-state index is 5.60. The maximum absolute atomic E-state index is 5.60. The van der Waals surface area contributed by atoms with Gasteiger partial charge in [0, 0.05) is 24.4 Å². The highest BCUT2D eigenvalue weighted by Crippen LogP contribution is 2.17. The van der Waals surface area contributed by atoms with Gasteiger partial charge in [-0.2, -0.15) is 11.8 Å². The Morgan fingerprint density at radius 3 is 2.71 bits per heavy atom. The summed E-state index contributed by atoms with van der Waals surface area (Å²) in [5, 5.41) is 3.61. The van der Waals surface area contributed by atoms with Crippen LogP contribution >= 0.6 is 11.8 Å². The Balaban J connectivity index is 2.00. The topological polar surface area (TPSA) is 21.3 Å². The van der Waals surface area contributed by atoms with Crippen molar-refractivity contribution in [2.45, 2.75) is 39.3 Å². The third-order valence-electron chi connectivity index (χ3n) is 2.27. The lowest BCUT2D eigenvalue weighted by molar-refractivity contribution is 0.0917. The maximum Gasteiger partial charge on any atom is 0.0617 e. The van der Waals surface area contributed by atoms with Gasteiger partial charge < -0.3 is 10.1 Å². The van der Waals surface area contributed by atoms with E-state index in [0.717, 1.165) is 19.3 Å². The summed E-state index contributed by atoms with van der Waals surface area (Å²) in [6.45, 7) is 8.31. The van der Waals surface area contributed by atoms with Crippen LogP contribution in [0.2, 0.25) is 0 Å². The molecule has 0 spiro atoms. The van der Waals surface area contributed by atoms with Crippen LogP contribution in [0.4, 0.5) is 0 Å². The smallest absolute Gasteiger partial charge is 0.0617 e. The van der Waals surface area contributed by atoms with Crippen LogP contribution in [0.3, 0.4) is 0 Å². The molecule has 1 aliphatic heterocycles. The van der Waals surface area contributed by atoms with Gasteiger partial charge in [0.25, 0.3) is 0 Å². The molecule has 84 valence electrons. The van der Waals surface area contributed by atoms with Crippen LogP contribution in [0.1, 0.15) is 27.2 Å². The molecule has 2 atom stereocenters. The van der Waals surface area contributed by atoms with Crippen molar-refractivity contribution in [3.8, 4) is 0 Å². The Labute approximate surface area is 92.2 Å². The molecule has 0 aromatic rings. The summed E-state index contributed by atoms with van der Waals surface area (Å²) in [5.74, 6) is 3.23. The minimum atomic E-state index is 0.498. The highest BCUT2D eigenvalue weighted by atomic mass is 32.2. The lowest BCUT2D eigenvalue weighted by atomic mass is 10.2. The fourth-order valence-electron chi connectivity index (χ4n) is 1.60. The van der Waals surface area contributed by atoms with E-state index in [2.05, 4.69) is 26.1 Å². The van der Waals surface area contributed by atoms with Gasteiger partial charge in [-0.3, -0.25) is 0 Å². The number of nitrogens with one attached hydrogen (secondary N) is 1. The van der Waals surface area contributed by atoms with E-state index >= 15 is 0 Å². The van der Waals surface area contributed by atoms with Crippen molar-refractivity contribution in [3.63, 3.8) is 0 Å². The van der Waals surface area contributed by atoms with Crippen molar-refractivity contribution < 1.29 is 4.74 Å². The highest BCUT2D eigenvalue weighted by Gasteiger charge is 2.16. The number of ether oxygens (including phenoxy) is 1. The molecule has 1 heterocycles. The van der Waals surface area contributed by atoms with E-state index in [1.165, 1.54) is 17.9 Å². The zero-order valence-electron chi connectivity index (χ0n) is 9.58.